The fourth-order valence-corrected chi connectivity index (χ4v) is 3.72. The number of piperazine rings is 1. The minimum atomic E-state index is 0.0316. The highest BCUT2D eigenvalue weighted by Gasteiger charge is 2.21. The Morgan fingerprint density at radius 3 is 2.75 bits per heavy atom. The van der Waals surface area contributed by atoms with E-state index in [-0.39, 0.29) is 11.9 Å². The molecular weight excluding hydrogens is 324 g/mol. The molecule has 0 bridgehead atoms. The van der Waals surface area contributed by atoms with Crippen LogP contribution in [-0.4, -0.2) is 62.7 Å². The average molecular weight is 351 g/mol. The van der Waals surface area contributed by atoms with Crippen molar-refractivity contribution in [1.29, 1.82) is 0 Å². The van der Waals surface area contributed by atoms with Gasteiger partial charge in [0.25, 0.3) is 0 Å². The van der Waals surface area contributed by atoms with E-state index >= 15 is 0 Å². The molecule has 24 heavy (non-hydrogen) atoms. The summed E-state index contributed by atoms with van der Waals surface area (Å²) in [5.74, 6) is 0.163. The second-order valence-corrected chi connectivity index (χ2v) is 6.98. The Labute approximate surface area is 149 Å². The first-order valence-corrected chi connectivity index (χ1v) is 9.35. The fourth-order valence-electron chi connectivity index (χ4n) is 3.47. The summed E-state index contributed by atoms with van der Waals surface area (Å²) >= 11 is 6.28. The molecule has 0 unspecified atom stereocenters. The van der Waals surface area contributed by atoms with Crippen molar-refractivity contribution in [2.45, 2.75) is 25.3 Å². The first-order chi connectivity index (χ1) is 11.7. The van der Waals surface area contributed by atoms with Crippen molar-refractivity contribution >= 4 is 23.2 Å². The molecule has 2 aliphatic heterocycles. The molecule has 1 amide bonds. The van der Waals surface area contributed by atoms with Gasteiger partial charge in [0.15, 0.2) is 0 Å². The van der Waals surface area contributed by atoms with Gasteiger partial charge in [-0.2, -0.15) is 0 Å². The molecule has 0 radical (unpaired) electrons. The predicted octanol–water partition coefficient (Wildman–Crippen LogP) is 1.72. The zero-order valence-electron chi connectivity index (χ0n) is 14.1. The highest BCUT2D eigenvalue weighted by atomic mass is 35.5. The summed E-state index contributed by atoms with van der Waals surface area (Å²) in [5, 5.41) is 7.11. The number of hydrogen-bond acceptors (Lipinski definition) is 4. The smallest absolute Gasteiger partial charge is 0.237 e. The second kappa shape index (κ2) is 8.70. The Bertz CT molecular complexity index is 540. The lowest BCUT2D eigenvalue weighted by Crippen LogP contribution is -2.47. The first kappa shape index (κ1) is 17.5. The molecule has 0 spiro atoms. The maximum atomic E-state index is 11.9. The maximum Gasteiger partial charge on any atom is 0.237 e. The predicted molar refractivity (Wildman–Crippen MR) is 98.8 cm³/mol. The van der Waals surface area contributed by atoms with Crippen LogP contribution in [0.5, 0.6) is 0 Å². The maximum absolute atomic E-state index is 11.9. The molecule has 0 saturated carbocycles. The van der Waals surface area contributed by atoms with E-state index < -0.39 is 0 Å². The highest BCUT2D eigenvalue weighted by Crippen LogP contribution is 2.25. The van der Waals surface area contributed by atoms with Crippen molar-refractivity contribution in [3.63, 3.8) is 0 Å². The number of amides is 1. The molecule has 0 aliphatic carbocycles. The molecule has 2 aliphatic rings. The summed E-state index contributed by atoms with van der Waals surface area (Å²) < 4.78 is 0. The first-order valence-electron chi connectivity index (χ1n) is 8.97. The third kappa shape index (κ3) is 4.62. The second-order valence-electron chi connectivity index (χ2n) is 6.57. The SMILES string of the molecule is O=C(NCCCN1CCN(c2ccccc2Cl)CC1)[C@@H]1CCCN1. The lowest BCUT2D eigenvalue weighted by Gasteiger charge is -2.36. The van der Waals surface area contributed by atoms with E-state index in [0.29, 0.717) is 0 Å². The van der Waals surface area contributed by atoms with Gasteiger partial charge >= 0.3 is 0 Å². The summed E-state index contributed by atoms with van der Waals surface area (Å²) in [6.45, 7) is 6.86. The van der Waals surface area contributed by atoms with Crippen LogP contribution in [0.25, 0.3) is 0 Å². The van der Waals surface area contributed by atoms with Crippen molar-refractivity contribution in [2.75, 3.05) is 50.7 Å². The van der Waals surface area contributed by atoms with Crippen LogP contribution in [0.2, 0.25) is 5.02 Å². The Hall–Kier alpha value is -1.30. The number of carbonyl (C=O) groups excluding carboxylic acids is 1. The molecule has 1 aromatic carbocycles. The van der Waals surface area contributed by atoms with Gasteiger partial charge < -0.3 is 15.5 Å². The molecule has 0 aromatic heterocycles. The van der Waals surface area contributed by atoms with E-state index in [0.717, 1.165) is 75.8 Å². The number of nitrogens with zero attached hydrogens (tertiary/aromatic N) is 2. The number of para-hydroxylation sites is 1. The minimum absolute atomic E-state index is 0.0316. The van der Waals surface area contributed by atoms with Crippen LogP contribution in [-0.2, 0) is 4.79 Å². The topological polar surface area (TPSA) is 47.6 Å². The highest BCUT2D eigenvalue weighted by molar-refractivity contribution is 6.33. The monoisotopic (exact) mass is 350 g/mol. The molecule has 2 saturated heterocycles. The van der Waals surface area contributed by atoms with E-state index in [9.17, 15) is 4.79 Å². The molecule has 6 heteroatoms. The van der Waals surface area contributed by atoms with Crippen molar-refractivity contribution in [3.8, 4) is 0 Å². The van der Waals surface area contributed by atoms with Crippen LogP contribution >= 0.6 is 11.6 Å². The molecule has 2 N–H and O–H groups in total. The van der Waals surface area contributed by atoms with Crippen molar-refractivity contribution < 1.29 is 4.79 Å². The summed E-state index contributed by atoms with van der Waals surface area (Å²) in [6, 6.07) is 8.08. The quantitative estimate of drug-likeness (QED) is 0.767. The number of hydrogen-bond donors (Lipinski definition) is 2. The van der Waals surface area contributed by atoms with Gasteiger partial charge in [0.2, 0.25) is 5.91 Å². The third-order valence-corrected chi connectivity index (χ3v) is 5.21. The standard InChI is InChI=1S/C18H27ClN4O/c19-15-5-1-2-7-17(15)23-13-11-22(12-14-23)10-4-9-21-18(24)16-6-3-8-20-16/h1-2,5,7,16,20H,3-4,6,8-14H2,(H,21,24)/t16-/m0/s1. The molecule has 3 rings (SSSR count). The number of carbonyl (C=O) groups is 1. The van der Waals surface area contributed by atoms with E-state index in [4.69, 9.17) is 11.6 Å². The Balaban J connectivity index is 1.32. The molecule has 1 aromatic rings. The summed E-state index contributed by atoms with van der Waals surface area (Å²) in [4.78, 5) is 16.7. The van der Waals surface area contributed by atoms with Crippen LogP contribution in [0.3, 0.4) is 0 Å². The van der Waals surface area contributed by atoms with E-state index in [2.05, 4.69) is 26.5 Å². The molecule has 132 valence electrons. The van der Waals surface area contributed by atoms with Gasteiger partial charge in [-0.25, -0.2) is 0 Å². The zero-order valence-corrected chi connectivity index (χ0v) is 14.9. The lowest BCUT2D eigenvalue weighted by atomic mass is 10.2. The van der Waals surface area contributed by atoms with Crippen LogP contribution in [0.1, 0.15) is 19.3 Å². The van der Waals surface area contributed by atoms with Gasteiger partial charge in [-0.05, 0) is 44.5 Å². The molecular formula is C18H27ClN4O. The third-order valence-electron chi connectivity index (χ3n) is 4.89. The number of rotatable bonds is 6. The lowest BCUT2D eigenvalue weighted by molar-refractivity contribution is -0.122. The Morgan fingerprint density at radius 1 is 1.25 bits per heavy atom. The largest absolute Gasteiger partial charge is 0.368 e. The normalized spacial score (nSPS) is 21.9. The molecule has 2 heterocycles. The van der Waals surface area contributed by atoms with Gasteiger partial charge in [0.05, 0.1) is 16.8 Å². The van der Waals surface area contributed by atoms with Crippen molar-refractivity contribution in [3.05, 3.63) is 29.3 Å². The van der Waals surface area contributed by atoms with Gasteiger partial charge in [-0.1, -0.05) is 23.7 Å². The average Bonchev–Trinajstić information content (AvgIpc) is 3.14. The summed E-state index contributed by atoms with van der Waals surface area (Å²) in [5.41, 5.74) is 1.13. The Morgan fingerprint density at radius 2 is 2.04 bits per heavy atom. The van der Waals surface area contributed by atoms with Crippen LogP contribution in [0.15, 0.2) is 24.3 Å². The molecule has 2 fully saturated rings. The van der Waals surface area contributed by atoms with E-state index in [1.54, 1.807) is 0 Å². The summed E-state index contributed by atoms with van der Waals surface area (Å²) in [7, 11) is 0. The van der Waals surface area contributed by atoms with Crippen LogP contribution in [0.4, 0.5) is 5.69 Å². The van der Waals surface area contributed by atoms with Crippen LogP contribution < -0.4 is 15.5 Å². The van der Waals surface area contributed by atoms with Crippen LogP contribution in [0, 0.1) is 0 Å². The van der Waals surface area contributed by atoms with Crippen molar-refractivity contribution in [1.82, 2.24) is 15.5 Å². The number of nitrogens with one attached hydrogen (secondary N) is 2. The molecule has 1 atom stereocenters. The summed E-state index contributed by atoms with van der Waals surface area (Å²) in [6.07, 6.45) is 3.08. The van der Waals surface area contributed by atoms with Gasteiger partial charge in [-0.15, -0.1) is 0 Å². The number of benzene rings is 1. The number of anilines is 1. The van der Waals surface area contributed by atoms with Gasteiger partial charge in [0, 0.05) is 32.7 Å². The van der Waals surface area contributed by atoms with E-state index in [1.165, 1.54) is 0 Å². The zero-order chi connectivity index (χ0) is 16.8. The number of halogens is 1. The molecule has 5 nitrogen and oxygen atoms in total. The fraction of sp³-hybridized carbons (Fsp3) is 0.611. The Kier molecular flexibility index (Phi) is 6.35. The van der Waals surface area contributed by atoms with Gasteiger partial charge in [-0.3, -0.25) is 9.69 Å². The van der Waals surface area contributed by atoms with Gasteiger partial charge in [0.1, 0.15) is 0 Å². The minimum Gasteiger partial charge on any atom is -0.368 e. The van der Waals surface area contributed by atoms with E-state index in [1.807, 2.05) is 18.2 Å². The van der Waals surface area contributed by atoms with Crippen molar-refractivity contribution in [2.24, 2.45) is 0 Å².